The zero-order chi connectivity index (χ0) is 20.7. The Hall–Kier alpha value is -1.10. The number of hydrogen-bond donors (Lipinski definition) is 3. The smallest absolute Gasteiger partial charge is 0.115 e. The van der Waals surface area contributed by atoms with Crippen LogP contribution in [0.5, 0.6) is 5.75 Å². The van der Waals surface area contributed by atoms with Gasteiger partial charge in [0.2, 0.25) is 0 Å². The van der Waals surface area contributed by atoms with E-state index in [9.17, 15) is 10.2 Å². The number of phenolic OH excluding ortho intramolecular Hbond substituents is 1. The number of benzene rings is 1. The third-order valence-electron chi connectivity index (χ3n) is 8.27. The Morgan fingerprint density at radius 3 is 2.59 bits per heavy atom. The second-order valence-electron chi connectivity index (χ2n) is 10.7. The lowest BCUT2D eigenvalue weighted by atomic mass is 9.53. The number of aromatic hydroxyl groups is 1. The summed E-state index contributed by atoms with van der Waals surface area (Å²) in [5.41, 5.74) is 7.86. The molecule has 5 atom stereocenters. The number of hydrogen-bond acceptors (Lipinski definition) is 4. The standard InChI is InChI=1S/C25H39NO3/c1-23(2)22-11-13-25(29-23,17-24(22,26)12-4-14-27)20-6-3-5-19(16-20)15-18-7-9-21(28)10-8-18/h7-10,19-20,22,27-28H,3-6,11-17,26H2,1-2H3. The number of fused-ring (bicyclic) bond motifs is 3. The van der Waals surface area contributed by atoms with Crippen molar-refractivity contribution < 1.29 is 14.9 Å². The predicted molar refractivity (Wildman–Crippen MR) is 116 cm³/mol. The van der Waals surface area contributed by atoms with Crippen LogP contribution in [0.25, 0.3) is 0 Å². The molecular weight excluding hydrogens is 362 g/mol. The number of nitrogens with two attached hydrogens (primary N) is 1. The van der Waals surface area contributed by atoms with Gasteiger partial charge in [-0.25, -0.2) is 0 Å². The molecule has 2 aliphatic carbocycles. The summed E-state index contributed by atoms with van der Waals surface area (Å²) >= 11 is 0. The minimum Gasteiger partial charge on any atom is -0.508 e. The molecule has 162 valence electrons. The molecular formula is C25H39NO3. The highest BCUT2D eigenvalue weighted by molar-refractivity contribution is 5.26. The van der Waals surface area contributed by atoms with Gasteiger partial charge in [-0.2, -0.15) is 0 Å². The van der Waals surface area contributed by atoms with Crippen LogP contribution in [0.15, 0.2) is 24.3 Å². The van der Waals surface area contributed by atoms with Gasteiger partial charge < -0.3 is 20.7 Å². The Labute approximate surface area is 175 Å². The summed E-state index contributed by atoms with van der Waals surface area (Å²) in [7, 11) is 0. The van der Waals surface area contributed by atoms with Crippen molar-refractivity contribution in [1.29, 1.82) is 0 Å². The molecule has 5 rings (SSSR count). The molecule has 4 fully saturated rings. The van der Waals surface area contributed by atoms with Gasteiger partial charge in [0.15, 0.2) is 0 Å². The normalized spacial score (nSPS) is 38.8. The van der Waals surface area contributed by atoms with Crippen LogP contribution in [0.4, 0.5) is 0 Å². The van der Waals surface area contributed by atoms with Crippen LogP contribution in [0.2, 0.25) is 0 Å². The molecule has 1 aromatic rings. The van der Waals surface area contributed by atoms with Gasteiger partial charge in [0.05, 0.1) is 11.2 Å². The minimum absolute atomic E-state index is 0.101. The van der Waals surface area contributed by atoms with Crippen molar-refractivity contribution in [2.75, 3.05) is 6.61 Å². The highest BCUT2D eigenvalue weighted by Gasteiger charge is 2.62. The maximum Gasteiger partial charge on any atom is 0.115 e. The predicted octanol–water partition coefficient (Wildman–Crippen LogP) is 4.56. The molecule has 0 amide bonds. The van der Waals surface area contributed by atoms with Crippen molar-refractivity contribution in [3.63, 3.8) is 0 Å². The fraction of sp³-hybridized carbons (Fsp3) is 0.760. The molecule has 2 saturated heterocycles. The lowest BCUT2D eigenvalue weighted by Gasteiger charge is -2.65. The van der Waals surface area contributed by atoms with Crippen LogP contribution in [0.3, 0.4) is 0 Å². The van der Waals surface area contributed by atoms with Gasteiger partial charge in [-0.15, -0.1) is 0 Å². The van der Waals surface area contributed by atoms with Gasteiger partial charge in [-0.05, 0) is 94.7 Å². The van der Waals surface area contributed by atoms with Crippen LogP contribution < -0.4 is 5.73 Å². The van der Waals surface area contributed by atoms with Gasteiger partial charge in [-0.3, -0.25) is 0 Å². The van der Waals surface area contributed by atoms with Gasteiger partial charge in [0.25, 0.3) is 0 Å². The summed E-state index contributed by atoms with van der Waals surface area (Å²) in [5, 5.41) is 19.0. The first-order valence-corrected chi connectivity index (χ1v) is 11.6. The summed E-state index contributed by atoms with van der Waals surface area (Å²) in [5.74, 6) is 1.95. The second-order valence-corrected chi connectivity index (χ2v) is 10.7. The SMILES string of the molecule is CC1(C)OC2(C3CCCC(Cc4ccc(O)cc4)C3)CCC1C(N)(CCCO)C2. The second kappa shape index (κ2) is 7.86. The molecule has 4 nitrogen and oxygen atoms in total. The van der Waals surface area contributed by atoms with E-state index in [2.05, 4.69) is 26.0 Å². The van der Waals surface area contributed by atoms with Gasteiger partial charge >= 0.3 is 0 Å². The summed E-state index contributed by atoms with van der Waals surface area (Å²) < 4.78 is 6.91. The average Bonchev–Trinajstić information content (AvgIpc) is 2.68. The van der Waals surface area contributed by atoms with Gasteiger partial charge in [0.1, 0.15) is 5.75 Å². The van der Waals surface area contributed by atoms with E-state index in [4.69, 9.17) is 10.5 Å². The third-order valence-corrected chi connectivity index (χ3v) is 8.27. The summed E-state index contributed by atoms with van der Waals surface area (Å²) in [6.07, 6.45) is 11.0. The van der Waals surface area contributed by atoms with Crippen LogP contribution >= 0.6 is 0 Å². The summed E-state index contributed by atoms with van der Waals surface area (Å²) in [6, 6.07) is 7.71. The Balaban J connectivity index is 1.51. The molecule has 2 aliphatic heterocycles. The van der Waals surface area contributed by atoms with Crippen LogP contribution in [0.1, 0.15) is 77.2 Å². The fourth-order valence-electron chi connectivity index (χ4n) is 7.19. The molecule has 2 heterocycles. The van der Waals surface area contributed by atoms with Gasteiger partial charge in [-0.1, -0.05) is 25.0 Å². The van der Waals surface area contributed by atoms with E-state index in [1.54, 1.807) is 12.1 Å². The Bertz CT molecular complexity index is 703. The van der Waals surface area contributed by atoms with Crippen molar-refractivity contribution in [2.24, 2.45) is 23.5 Å². The maximum absolute atomic E-state index is 9.56. The Morgan fingerprint density at radius 2 is 1.90 bits per heavy atom. The molecule has 29 heavy (non-hydrogen) atoms. The molecule has 2 bridgehead atoms. The topological polar surface area (TPSA) is 75.7 Å². The first-order valence-electron chi connectivity index (χ1n) is 11.6. The first-order chi connectivity index (χ1) is 13.8. The van der Waals surface area contributed by atoms with E-state index in [0.717, 1.165) is 38.5 Å². The number of phenols is 1. The molecule has 1 aromatic carbocycles. The molecule has 4 heteroatoms. The van der Waals surface area contributed by atoms with E-state index in [0.29, 0.717) is 23.5 Å². The van der Waals surface area contributed by atoms with Crippen molar-refractivity contribution in [3.8, 4) is 5.75 Å². The molecule has 4 N–H and O–H groups in total. The zero-order valence-electron chi connectivity index (χ0n) is 18.2. The van der Waals surface area contributed by atoms with E-state index in [-0.39, 0.29) is 23.3 Å². The highest BCUT2D eigenvalue weighted by Crippen LogP contribution is 2.59. The zero-order valence-corrected chi connectivity index (χ0v) is 18.2. The van der Waals surface area contributed by atoms with Crippen molar-refractivity contribution in [3.05, 3.63) is 29.8 Å². The van der Waals surface area contributed by atoms with Crippen LogP contribution in [0, 0.1) is 17.8 Å². The Kier molecular flexibility index (Phi) is 5.73. The third kappa shape index (κ3) is 4.08. The van der Waals surface area contributed by atoms with Crippen LogP contribution in [-0.4, -0.2) is 33.6 Å². The molecule has 0 radical (unpaired) electrons. The van der Waals surface area contributed by atoms with Crippen molar-refractivity contribution >= 4 is 0 Å². The maximum atomic E-state index is 9.56. The number of aliphatic hydroxyl groups is 1. The Morgan fingerprint density at radius 1 is 1.14 bits per heavy atom. The quantitative estimate of drug-likeness (QED) is 0.653. The van der Waals surface area contributed by atoms with Crippen molar-refractivity contribution in [2.45, 2.75) is 94.8 Å². The summed E-state index contributed by atoms with van der Waals surface area (Å²) in [4.78, 5) is 0. The average molecular weight is 402 g/mol. The fourth-order valence-corrected chi connectivity index (χ4v) is 7.19. The van der Waals surface area contributed by atoms with E-state index in [1.807, 2.05) is 0 Å². The van der Waals surface area contributed by atoms with Crippen LogP contribution in [-0.2, 0) is 11.2 Å². The molecule has 0 aromatic heterocycles. The number of aliphatic hydroxyl groups excluding tert-OH is 1. The highest BCUT2D eigenvalue weighted by atomic mass is 16.5. The molecule has 2 saturated carbocycles. The van der Waals surface area contributed by atoms with Gasteiger partial charge in [0, 0.05) is 18.1 Å². The summed E-state index contributed by atoms with van der Waals surface area (Å²) in [6.45, 7) is 4.70. The van der Waals surface area contributed by atoms with Crippen molar-refractivity contribution in [1.82, 2.24) is 0 Å². The molecule has 4 aliphatic rings. The lowest BCUT2D eigenvalue weighted by molar-refractivity contribution is -0.287. The minimum atomic E-state index is -0.216. The number of rotatable bonds is 6. The van der Waals surface area contributed by atoms with E-state index < -0.39 is 0 Å². The molecule has 5 unspecified atom stereocenters. The van der Waals surface area contributed by atoms with E-state index in [1.165, 1.54) is 31.2 Å². The molecule has 0 spiro atoms. The van der Waals surface area contributed by atoms with E-state index >= 15 is 0 Å². The number of ether oxygens (including phenoxy) is 1. The first kappa shape index (κ1) is 21.1. The monoisotopic (exact) mass is 401 g/mol. The lowest BCUT2D eigenvalue weighted by Crippen LogP contribution is -2.72. The largest absolute Gasteiger partial charge is 0.508 e.